The van der Waals surface area contributed by atoms with Crippen LogP contribution in [0.3, 0.4) is 0 Å². The number of rotatable bonds is 5. The van der Waals surface area contributed by atoms with E-state index in [4.69, 9.17) is 4.74 Å². The Kier molecular flexibility index (Phi) is 6.67. The van der Waals surface area contributed by atoms with Gasteiger partial charge in [0.1, 0.15) is 5.60 Å². The number of ether oxygens (including phenoxy) is 1. The zero-order valence-corrected chi connectivity index (χ0v) is 17.4. The zero-order valence-electron chi connectivity index (χ0n) is 17.4. The number of aliphatic hydroxyl groups is 1. The monoisotopic (exact) mass is 386 g/mol. The largest absolute Gasteiger partial charge is 0.444 e. The minimum Gasteiger partial charge on any atom is -0.444 e. The molecule has 28 heavy (non-hydrogen) atoms. The summed E-state index contributed by atoms with van der Waals surface area (Å²) in [6.45, 7) is 11.1. The van der Waals surface area contributed by atoms with Crippen molar-refractivity contribution in [2.75, 3.05) is 0 Å². The Labute approximate surface area is 166 Å². The van der Waals surface area contributed by atoms with E-state index in [1.165, 1.54) is 6.07 Å². The Morgan fingerprint density at radius 2 is 1.89 bits per heavy atom. The number of carbonyl (C=O) groups excluding carboxylic acids is 1. The number of aryl methyl sites for hydroxylation is 2. The number of nitrogens with zero attached hydrogens (tertiary/aromatic N) is 1. The molecule has 2 rings (SSSR count). The van der Waals surface area contributed by atoms with Gasteiger partial charge in [-0.15, -0.1) is 0 Å². The summed E-state index contributed by atoms with van der Waals surface area (Å²) in [4.78, 5) is 24.2. The van der Waals surface area contributed by atoms with Crippen molar-refractivity contribution in [2.45, 2.75) is 65.7 Å². The Hall–Kier alpha value is -2.60. The third kappa shape index (κ3) is 5.45. The summed E-state index contributed by atoms with van der Waals surface area (Å²) in [7, 11) is 0. The van der Waals surface area contributed by atoms with Crippen LogP contribution in [-0.2, 0) is 4.74 Å². The molecule has 0 aliphatic rings. The van der Waals surface area contributed by atoms with E-state index >= 15 is 0 Å². The predicted octanol–water partition coefficient (Wildman–Crippen LogP) is 3.79. The zero-order chi connectivity index (χ0) is 21.1. The van der Waals surface area contributed by atoms with E-state index in [-0.39, 0.29) is 5.56 Å². The summed E-state index contributed by atoms with van der Waals surface area (Å²) in [5.74, 6) is 0. The van der Waals surface area contributed by atoms with Crippen molar-refractivity contribution in [1.29, 1.82) is 0 Å². The second-order valence-corrected chi connectivity index (χ2v) is 8.06. The number of aromatic nitrogens is 1. The average molecular weight is 386 g/mol. The van der Waals surface area contributed by atoms with E-state index in [2.05, 4.69) is 5.32 Å². The Morgan fingerprint density at radius 1 is 1.21 bits per heavy atom. The summed E-state index contributed by atoms with van der Waals surface area (Å²) < 4.78 is 6.87. The van der Waals surface area contributed by atoms with Crippen LogP contribution in [0.4, 0.5) is 4.79 Å². The van der Waals surface area contributed by atoms with Crippen molar-refractivity contribution in [2.24, 2.45) is 0 Å². The number of hydrogen-bond donors (Lipinski definition) is 2. The molecule has 6 nitrogen and oxygen atoms in total. The molecular weight excluding hydrogens is 356 g/mol. The molecular formula is C22H30N2O4. The molecule has 2 unspecified atom stereocenters. The van der Waals surface area contributed by atoms with Crippen LogP contribution < -0.4 is 10.9 Å². The van der Waals surface area contributed by atoms with E-state index in [1.807, 2.05) is 26.8 Å². The van der Waals surface area contributed by atoms with Crippen molar-refractivity contribution in [1.82, 2.24) is 9.88 Å². The Bertz CT molecular complexity index is 896. The molecule has 0 saturated carbocycles. The second kappa shape index (κ2) is 8.61. The summed E-state index contributed by atoms with van der Waals surface area (Å²) in [5.41, 5.74) is 2.53. The lowest BCUT2D eigenvalue weighted by Crippen LogP contribution is -2.42. The standard InChI is InChI=1S/C22H30N2O4/c1-7-18(23-21(27)28-22(4,5)6)20(26)17-10-9-16(12-15(17)3)24-13-14(2)8-11-19(24)25/h8-13,18,20,26H,7H2,1-6H3,(H,23,27). The van der Waals surface area contributed by atoms with Gasteiger partial charge in [0.05, 0.1) is 12.1 Å². The molecule has 152 valence electrons. The number of amides is 1. The van der Waals surface area contributed by atoms with Gasteiger partial charge in [-0.1, -0.05) is 19.1 Å². The first-order chi connectivity index (χ1) is 13.0. The van der Waals surface area contributed by atoms with Gasteiger partial charge in [-0.05, 0) is 69.9 Å². The van der Waals surface area contributed by atoms with Crippen LogP contribution in [0, 0.1) is 13.8 Å². The highest BCUT2D eigenvalue weighted by molar-refractivity contribution is 5.68. The number of nitrogens with one attached hydrogen (secondary N) is 1. The van der Waals surface area contributed by atoms with E-state index in [0.717, 1.165) is 16.8 Å². The highest BCUT2D eigenvalue weighted by Crippen LogP contribution is 2.25. The first-order valence-electron chi connectivity index (χ1n) is 9.49. The molecule has 0 aliphatic carbocycles. The van der Waals surface area contributed by atoms with Crippen molar-refractivity contribution in [3.05, 3.63) is 63.6 Å². The van der Waals surface area contributed by atoms with Crippen molar-refractivity contribution >= 4 is 6.09 Å². The summed E-state index contributed by atoms with van der Waals surface area (Å²) in [6.07, 6.45) is 0.880. The van der Waals surface area contributed by atoms with E-state index in [0.29, 0.717) is 12.0 Å². The number of carbonyl (C=O) groups is 1. The van der Waals surface area contributed by atoms with Gasteiger partial charge in [0.15, 0.2) is 0 Å². The molecule has 0 bridgehead atoms. The minimum absolute atomic E-state index is 0.115. The smallest absolute Gasteiger partial charge is 0.407 e. The third-order valence-corrected chi connectivity index (χ3v) is 4.43. The molecule has 1 amide bonds. The summed E-state index contributed by atoms with van der Waals surface area (Å²) in [5, 5.41) is 13.6. The van der Waals surface area contributed by atoms with Gasteiger partial charge in [0, 0.05) is 18.0 Å². The van der Waals surface area contributed by atoms with Crippen LogP contribution in [0.15, 0.2) is 41.3 Å². The molecule has 6 heteroatoms. The topological polar surface area (TPSA) is 80.6 Å². The highest BCUT2D eigenvalue weighted by Gasteiger charge is 2.25. The first-order valence-corrected chi connectivity index (χ1v) is 9.49. The highest BCUT2D eigenvalue weighted by atomic mass is 16.6. The SMILES string of the molecule is CCC(NC(=O)OC(C)(C)C)C(O)c1ccc(-n2cc(C)ccc2=O)cc1C. The molecule has 2 aromatic rings. The maximum absolute atomic E-state index is 12.1. The minimum atomic E-state index is -0.888. The van der Waals surface area contributed by atoms with Crippen LogP contribution in [0.1, 0.15) is 56.9 Å². The van der Waals surface area contributed by atoms with Crippen molar-refractivity contribution in [3.8, 4) is 5.69 Å². The van der Waals surface area contributed by atoms with Crippen molar-refractivity contribution < 1.29 is 14.6 Å². The quantitative estimate of drug-likeness (QED) is 0.819. The van der Waals surface area contributed by atoms with Crippen LogP contribution in [0.25, 0.3) is 5.69 Å². The molecule has 1 aromatic heterocycles. The van der Waals surface area contributed by atoms with Crippen LogP contribution >= 0.6 is 0 Å². The third-order valence-electron chi connectivity index (χ3n) is 4.43. The molecule has 2 atom stereocenters. The molecule has 0 aliphatic heterocycles. The van der Waals surface area contributed by atoms with Crippen LogP contribution in [0.5, 0.6) is 0 Å². The van der Waals surface area contributed by atoms with Gasteiger partial charge < -0.3 is 15.2 Å². The summed E-state index contributed by atoms with van der Waals surface area (Å²) in [6, 6.07) is 8.28. The predicted molar refractivity (Wildman–Crippen MR) is 110 cm³/mol. The van der Waals surface area contributed by atoms with E-state index in [9.17, 15) is 14.7 Å². The fraction of sp³-hybridized carbons (Fsp3) is 0.455. The lowest BCUT2D eigenvalue weighted by molar-refractivity contribution is 0.0417. The van der Waals surface area contributed by atoms with E-state index < -0.39 is 23.8 Å². The molecule has 0 spiro atoms. The fourth-order valence-electron chi connectivity index (χ4n) is 3.02. The Balaban J connectivity index is 2.25. The van der Waals surface area contributed by atoms with Crippen molar-refractivity contribution in [3.63, 3.8) is 0 Å². The number of pyridine rings is 1. The van der Waals surface area contributed by atoms with Gasteiger partial charge in [-0.3, -0.25) is 9.36 Å². The lowest BCUT2D eigenvalue weighted by atomic mass is 9.96. The number of alkyl carbamates (subject to hydrolysis) is 1. The van der Waals surface area contributed by atoms with Gasteiger partial charge in [-0.25, -0.2) is 4.79 Å². The van der Waals surface area contributed by atoms with Gasteiger partial charge in [-0.2, -0.15) is 0 Å². The number of aliphatic hydroxyl groups excluding tert-OH is 1. The number of hydrogen-bond acceptors (Lipinski definition) is 4. The lowest BCUT2D eigenvalue weighted by Gasteiger charge is -2.27. The molecule has 1 aromatic carbocycles. The molecule has 1 heterocycles. The Morgan fingerprint density at radius 3 is 2.46 bits per heavy atom. The first kappa shape index (κ1) is 21.7. The van der Waals surface area contributed by atoms with Gasteiger partial charge in [0.2, 0.25) is 0 Å². The molecule has 0 radical (unpaired) electrons. The molecule has 2 N–H and O–H groups in total. The maximum Gasteiger partial charge on any atom is 0.407 e. The van der Waals surface area contributed by atoms with Gasteiger partial charge >= 0.3 is 6.09 Å². The van der Waals surface area contributed by atoms with Crippen LogP contribution in [0.2, 0.25) is 0 Å². The van der Waals surface area contributed by atoms with E-state index in [1.54, 1.807) is 49.7 Å². The molecule has 0 saturated heterocycles. The van der Waals surface area contributed by atoms with Crippen LogP contribution in [-0.4, -0.2) is 27.4 Å². The maximum atomic E-state index is 12.1. The van der Waals surface area contributed by atoms with Gasteiger partial charge in [0.25, 0.3) is 5.56 Å². The number of benzene rings is 1. The molecule has 0 fully saturated rings. The summed E-state index contributed by atoms with van der Waals surface area (Å²) >= 11 is 0. The average Bonchev–Trinajstić information content (AvgIpc) is 2.59. The second-order valence-electron chi connectivity index (χ2n) is 8.06. The normalized spacial score (nSPS) is 13.7. The fourth-order valence-corrected chi connectivity index (χ4v) is 3.02.